The lowest BCUT2D eigenvalue weighted by Gasteiger charge is -2.26. The van der Waals surface area contributed by atoms with Crippen molar-refractivity contribution in [3.05, 3.63) is 29.8 Å². The van der Waals surface area contributed by atoms with Crippen LogP contribution in [0.3, 0.4) is 0 Å². The van der Waals surface area contributed by atoms with E-state index in [2.05, 4.69) is 27.6 Å². The molecule has 1 aromatic carbocycles. The van der Waals surface area contributed by atoms with Gasteiger partial charge in [-0.1, -0.05) is 32.9 Å². The van der Waals surface area contributed by atoms with Crippen LogP contribution in [0.4, 0.5) is 5.69 Å². The first-order chi connectivity index (χ1) is 12.8. The largest absolute Gasteiger partial charge is 0.463 e. The molecule has 3 atom stereocenters. The Morgan fingerprint density at radius 1 is 1.07 bits per heavy atom. The molecule has 0 saturated carbocycles. The zero-order valence-corrected chi connectivity index (χ0v) is 16.7. The van der Waals surface area contributed by atoms with Crippen molar-refractivity contribution in [2.75, 3.05) is 5.32 Å². The van der Waals surface area contributed by atoms with Crippen molar-refractivity contribution in [1.29, 1.82) is 0 Å². The van der Waals surface area contributed by atoms with Crippen LogP contribution < -0.4 is 16.0 Å². The van der Waals surface area contributed by atoms with Crippen molar-refractivity contribution < 1.29 is 19.1 Å². The molecule has 0 aliphatic carbocycles. The standard InChI is InChI=1S/C20H31N3O4/c1-6-14(4)21-18(13(2)3)20(26)22-15(5)19(25)23-17-9-7-16(8-10-17)11-27-12-24/h7-10,12-15,18,21H,6,11H2,1-5H3,(H,22,26)(H,23,25)/t14?,15-,18?/m0/s1. The minimum absolute atomic E-state index is 0.107. The van der Waals surface area contributed by atoms with Crippen LogP contribution >= 0.6 is 0 Å². The Bertz CT molecular complexity index is 616. The van der Waals surface area contributed by atoms with Gasteiger partial charge in [-0.3, -0.25) is 14.4 Å². The summed E-state index contributed by atoms with van der Waals surface area (Å²) in [4.78, 5) is 35.1. The van der Waals surface area contributed by atoms with Crippen molar-refractivity contribution in [3.63, 3.8) is 0 Å². The highest BCUT2D eigenvalue weighted by atomic mass is 16.5. The maximum absolute atomic E-state index is 12.6. The van der Waals surface area contributed by atoms with Crippen molar-refractivity contribution in [2.45, 2.75) is 65.8 Å². The highest BCUT2D eigenvalue weighted by Crippen LogP contribution is 2.11. The molecule has 0 spiro atoms. The Morgan fingerprint density at radius 2 is 1.70 bits per heavy atom. The number of carbonyl (C=O) groups is 3. The van der Waals surface area contributed by atoms with Crippen molar-refractivity contribution in [3.8, 4) is 0 Å². The molecule has 0 saturated heterocycles. The van der Waals surface area contributed by atoms with Crippen LogP contribution in [-0.2, 0) is 25.7 Å². The van der Waals surface area contributed by atoms with Crippen LogP contribution in [0.5, 0.6) is 0 Å². The maximum atomic E-state index is 12.6. The number of hydrogen-bond acceptors (Lipinski definition) is 5. The highest BCUT2D eigenvalue weighted by Gasteiger charge is 2.26. The second-order valence-corrected chi connectivity index (χ2v) is 7.02. The van der Waals surface area contributed by atoms with Crippen LogP contribution in [0.25, 0.3) is 0 Å². The number of ether oxygens (including phenoxy) is 1. The Balaban J connectivity index is 2.61. The Morgan fingerprint density at radius 3 is 2.22 bits per heavy atom. The summed E-state index contributed by atoms with van der Waals surface area (Å²) in [5.74, 6) is -0.379. The van der Waals surface area contributed by atoms with Gasteiger partial charge in [0.1, 0.15) is 12.6 Å². The monoisotopic (exact) mass is 377 g/mol. The molecule has 2 unspecified atom stereocenters. The predicted octanol–water partition coefficient (Wildman–Crippen LogP) is 2.22. The second-order valence-electron chi connectivity index (χ2n) is 7.02. The molecular formula is C20H31N3O4. The summed E-state index contributed by atoms with van der Waals surface area (Å²) in [5.41, 5.74) is 1.42. The molecule has 1 aromatic rings. The van der Waals surface area contributed by atoms with Gasteiger partial charge in [0.15, 0.2) is 0 Å². The minimum atomic E-state index is -0.671. The summed E-state index contributed by atoms with van der Waals surface area (Å²) >= 11 is 0. The molecule has 1 rings (SSSR count). The van der Waals surface area contributed by atoms with Gasteiger partial charge in [0, 0.05) is 11.7 Å². The molecule has 27 heavy (non-hydrogen) atoms. The first kappa shape index (κ1) is 22.6. The van der Waals surface area contributed by atoms with E-state index < -0.39 is 6.04 Å². The molecule has 0 fully saturated rings. The van der Waals surface area contributed by atoms with Gasteiger partial charge in [-0.05, 0) is 43.9 Å². The lowest BCUT2D eigenvalue weighted by atomic mass is 10.0. The SMILES string of the molecule is CCC(C)NC(C(=O)N[C@@H](C)C(=O)Nc1ccc(COC=O)cc1)C(C)C. The summed E-state index contributed by atoms with van der Waals surface area (Å²) in [5, 5.41) is 8.85. The number of amides is 2. The van der Waals surface area contributed by atoms with Gasteiger partial charge >= 0.3 is 0 Å². The van der Waals surface area contributed by atoms with E-state index in [4.69, 9.17) is 0 Å². The molecule has 7 nitrogen and oxygen atoms in total. The summed E-state index contributed by atoms with van der Waals surface area (Å²) < 4.78 is 4.68. The van der Waals surface area contributed by atoms with E-state index in [0.29, 0.717) is 12.2 Å². The first-order valence-corrected chi connectivity index (χ1v) is 9.29. The van der Waals surface area contributed by atoms with E-state index in [1.54, 1.807) is 31.2 Å². The van der Waals surface area contributed by atoms with Crippen LogP contribution in [-0.4, -0.2) is 36.4 Å². The van der Waals surface area contributed by atoms with Gasteiger partial charge < -0.3 is 20.7 Å². The topological polar surface area (TPSA) is 96.5 Å². The first-order valence-electron chi connectivity index (χ1n) is 9.29. The number of benzene rings is 1. The average molecular weight is 377 g/mol. The van der Waals surface area contributed by atoms with Crippen molar-refractivity contribution in [1.82, 2.24) is 10.6 Å². The molecule has 0 aromatic heterocycles. The molecule has 0 aliphatic rings. The molecule has 0 aliphatic heterocycles. The summed E-state index contributed by atoms with van der Waals surface area (Å²) in [6.07, 6.45) is 0.917. The zero-order chi connectivity index (χ0) is 20.4. The van der Waals surface area contributed by atoms with E-state index in [1.807, 2.05) is 20.8 Å². The molecule has 7 heteroatoms. The molecule has 150 valence electrons. The zero-order valence-electron chi connectivity index (χ0n) is 16.7. The van der Waals surface area contributed by atoms with E-state index in [0.717, 1.165) is 12.0 Å². The van der Waals surface area contributed by atoms with Crippen LogP contribution in [0.2, 0.25) is 0 Å². The van der Waals surface area contributed by atoms with Gasteiger partial charge in [0.25, 0.3) is 6.47 Å². The molecule has 0 heterocycles. The lowest BCUT2D eigenvalue weighted by Crippen LogP contribution is -2.54. The van der Waals surface area contributed by atoms with E-state index in [9.17, 15) is 14.4 Å². The van der Waals surface area contributed by atoms with Gasteiger partial charge in [0.05, 0.1) is 6.04 Å². The molecule has 0 bridgehead atoms. The Kier molecular flexibility index (Phi) is 9.50. The minimum Gasteiger partial charge on any atom is -0.463 e. The molecule has 2 amide bonds. The highest BCUT2D eigenvalue weighted by molar-refractivity contribution is 5.97. The Labute approximate surface area is 161 Å². The smallest absolute Gasteiger partial charge is 0.293 e. The molecule has 3 N–H and O–H groups in total. The van der Waals surface area contributed by atoms with Crippen molar-refractivity contribution >= 4 is 24.0 Å². The summed E-state index contributed by atoms with van der Waals surface area (Å²) in [6, 6.07) is 6.15. The number of anilines is 1. The van der Waals surface area contributed by atoms with Crippen LogP contribution in [0.1, 0.15) is 46.6 Å². The van der Waals surface area contributed by atoms with Gasteiger partial charge in [-0.25, -0.2) is 0 Å². The fourth-order valence-electron chi connectivity index (χ4n) is 2.43. The fourth-order valence-corrected chi connectivity index (χ4v) is 2.43. The Hall–Kier alpha value is -2.41. The number of carbonyl (C=O) groups excluding carboxylic acids is 3. The third kappa shape index (κ3) is 7.78. The second kappa shape index (κ2) is 11.3. The van der Waals surface area contributed by atoms with Gasteiger partial charge in [-0.2, -0.15) is 0 Å². The number of hydrogen-bond donors (Lipinski definition) is 3. The summed E-state index contributed by atoms with van der Waals surface area (Å²) in [7, 11) is 0. The lowest BCUT2D eigenvalue weighted by molar-refractivity contribution is -0.129. The van der Waals surface area contributed by atoms with Gasteiger partial charge in [0.2, 0.25) is 11.8 Å². The third-order valence-electron chi connectivity index (χ3n) is 4.32. The van der Waals surface area contributed by atoms with E-state index in [-0.39, 0.29) is 36.4 Å². The third-order valence-corrected chi connectivity index (χ3v) is 4.32. The quantitative estimate of drug-likeness (QED) is 0.514. The van der Waals surface area contributed by atoms with Crippen LogP contribution in [0, 0.1) is 5.92 Å². The average Bonchev–Trinajstić information content (AvgIpc) is 2.64. The van der Waals surface area contributed by atoms with E-state index in [1.165, 1.54) is 0 Å². The van der Waals surface area contributed by atoms with E-state index >= 15 is 0 Å². The summed E-state index contributed by atoms with van der Waals surface area (Å²) in [6.45, 7) is 10.3. The van der Waals surface area contributed by atoms with Crippen molar-refractivity contribution in [2.24, 2.45) is 5.92 Å². The van der Waals surface area contributed by atoms with Gasteiger partial charge in [-0.15, -0.1) is 0 Å². The number of nitrogens with one attached hydrogen (secondary N) is 3. The molecular weight excluding hydrogens is 346 g/mol. The normalized spacial score (nSPS) is 14.1. The fraction of sp³-hybridized carbons (Fsp3) is 0.550. The predicted molar refractivity (Wildman–Crippen MR) is 105 cm³/mol. The molecule has 0 radical (unpaired) electrons. The number of rotatable bonds is 11. The maximum Gasteiger partial charge on any atom is 0.293 e. The van der Waals surface area contributed by atoms with Crippen LogP contribution in [0.15, 0.2) is 24.3 Å².